The molecule has 0 aromatic carbocycles. The average molecular weight is 331 g/mol. The smallest absolute Gasteiger partial charge is 0.343 e. The summed E-state index contributed by atoms with van der Waals surface area (Å²) in [6.07, 6.45) is -0.616. The third-order valence-corrected chi connectivity index (χ3v) is 3.85. The van der Waals surface area contributed by atoms with Gasteiger partial charge in [0.05, 0.1) is 29.4 Å². The number of morpholine rings is 1. The Labute approximate surface area is 140 Å². The molecule has 1 unspecified atom stereocenters. The monoisotopic (exact) mass is 331 g/mol. The van der Waals surface area contributed by atoms with E-state index in [1.807, 2.05) is 27.7 Å². The minimum absolute atomic E-state index is 0.312. The second-order valence-corrected chi connectivity index (χ2v) is 5.82. The van der Waals surface area contributed by atoms with Gasteiger partial charge in [0.1, 0.15) is 0 Å². The first-order chi connectivity index (χ1) is 11.5. The molecule has 1 aliphatic rings. The maximum absolute atomic E-state index is 12.3. The zero-order valence-electron chi connectivity index (χ0n) is 14.3. The second kappa shape index (κ2) is 6.66. The van der Waals surface area contributed by atoms with Crippen molar-refractivity contribution < 1.29 is 14.3 Å². The molecule has 1 N–H and O–H groups in total. The van der Waals surface area contributed by atoms with Crippen molar-refractivity contribution in [3.8, 4) is 11.7 Å². The summed E-state index contributed by atoms with van der Waals surface area (Å²) in [5.74, 6) is 0.418. The van der Waals surface area contributed by atoms with Crippen LogP contribution in [-0.4, -0.2) is 51.5 Å². The molecule has 1 atom stereocenters. The van der Waals surface area contributed by atoms with Crippen LogP contribution >= 0.6 is 0 Å². The lowest BCUT2D eigenvalue weighted by Gasteiger charge is -2.21. The summed E-state index contributed by atoms with van der Waals surface area (Å²) in [5, 5.41) is 7.50. The summed E-state index contributed by atoms with van der Waals surface area (Å²) in [6.45, 7) is 9.13. The Morgan fingerprint density at radius 2 is 2.00 bits per heavy atom. The van der Waals surface area contributed by atoms with Crippen molar-refractivity contribution in [3.63, 3.8) is 0 Å². The number of nitrogens with one attached hydrogen (secondary N) is 1. The first-order valence-corrected chi connectivity index (χ1v) is 7.88. The summed E-state index contributed by atoms with van der Waals surface area (Å²) in [6, 6.07) is 1.70. The molecule has 8 heteroatoms. The van der Waals surface area contributed by atoms with Crippen LogP contribution < -0.4 is 10.1 Å². The normalized spacial score (nSPS) is 17.8. The molecule has 0 amide bonds. The number of carbonyl (C=O) groups is 1. The predicted octanol–water partition coefficient (Wildman–Crippen LogP) is 0.790. The van der Waals surface area contributed by atoms with Gasteiger partial charge in [0.25, 0.3) is 0 Å². The molecule has 0 spiro atoms. The van der Waals surface area contributed by atoms with Crippen molar-refractivity contribution >= 4 is 5.97 Å². The van der Waals surface area contributed by atoms with Crippen LogP contribution in [0.25, 0.3) is 5.82 Å². The highest BCUT2D eigenvalue weighted by molar-refractivity contribution is 5.77. The molecule has 2 aromatic heterocycles. The van der Waals surface area contributed by atoms with E-state index in [0.29, 0.717) is 30.5 Å². The van der Waals surface area contributed by atoms with Gasteiger partial charge in [-0.05, 0) is 27.7 Å². The molecule has 1 aliphatic heterocycles. The molecule has 3 rings (SSSR count). The molecule has 128 valence electrons. The zero-order valence-corrected chi connectivity index (χ0v) is 14.3. The van der Waals surface area contributed by atoms with Gasteiger partial charge in [0.2, 0.25) is 5.88 Å². The topological polar surface area (TPSA) is 91.2 Å². The fourth-order valence-corrected chi connectivity index (χ4v) is 2.49. The molecule has 24 heavy (non-hydrogen) atoms. The van der Waals surface area contributed by atoms with Crippen LogP contribution in [-0.2, 0) is 9.53 Å². The number of rotatable bonds is 3. The minimum Gasteiger partial charge on any atom is -0.405 e. The van der Waals surface area contributed by atoms with Gasteiger partial charge in [0.15, 0.2) is 11.9 Å². The van der Waals surface area contributed by atoms with E-state index < -0.39 is 12.1 Å². The van der Waals surface area contributed by atoms with Gasteiger partial charge in [-0.3, -0.25) is 4.98 Å². The minimum atomic E-state index is -0.616. The Hall–Kier alpha value is -2.32. The predicted molar refractivity (Wildman–Crippen MR) is 86.3 cm³/mol. The van der Waals surface area contributed by atoms with E-state index in [0.717, 1.165) is 23.6 Å². The van der Waals surface area contributed by atoms with Gasteiger partial charge in [0, 0.05) is 19.2 Å². The zero-order chi connectivity index (χ0) is 17.3. The number of carbonyl (C=O) groups excluding carboxylic acids is 1. The standard InChI is InChI=1S/C16H21N5O3/c1-9-7-14(24-16(22)13-8-17-5-6-23-13)21(20-9)15-12(4)18-10(2)11(3)19-15/h7,13,17H,5-6,8H2,1-4H3. The summed E-state index contributed by atoms with van der Waals surface area (Å²) >= 11 is 0. The van der Waals surface area contributed by atoms with Crippen molar-refractivity contribution in [2.45, 2.75) is 33.8 Å². The van der Waals surface area contributed by atoms with Crippen LogP contribution in [0.15, 0.2) is 6.07 Å². The number of nitrogens with zero attached hydrogens (tertiary/aromatic N) is 4. The lowest BCUT2D eigenvalue weighted by molar-refractivity contribution is -0.149. The van der Waals surface area contributed by atoms with Crippen LogP contribution in [0.1, 0.15) is 22.8 Å². The molecule has 0 bridgehead atoms. The van der Waals surface area contributed by atoms with Crippen LogP contribution in [0.4, 0.5) is 0 Å². The van der Waals surface area contributed by atoms with Crippen LogP contribution in [0.5, 0.6) is 5.88 Å². The Morgan fingerprint density at radius 3 is 2.71 bits per heavy atom. The van der Waals surface area contributed by atoms with Crippen molar-refractivity contribution in [1.29, 1.82) is 0 Å². The maximum Gasteiger partial charge on any atom is 0.343 e. The Kier molecular flexibility index (Phi) is 4.59. The van der Waals surface area contributed by atoms with Gasteiger partial charge in [-0.25, -0.2) is 9.78 Å². The van der Waals surface area contributed by atoms with Crippen LogP contribution in [0.3, 0.4) is 0 Å². The molecular formula is C16H21N5O3. The molecule has 1 fully saturated rings. The van der Waals surface area contributed by atoms with Crippen LogP contribution in [0, 0.1) is 27.7 Å². The lowest BCUT2D eigenvalue weighted by Crippen LogP contribution is -2.44. The molecule has 0 saturated carbocycles. The first kappa shape index (κ1) is 16.5. The summed E-state index contributed by atoms with van der Waals surface area (Å²) in [5.41, 5.74) is 3.11. The summed E-state index contributed by atoms with van der Waals surface area (Å²) in [4.78, 5) is 21.3. The molecule has 2 aromatic rings. The van der Waals surface area contributed by atoms with E-state index in [4.69, 9.17) is 9.47 Å². The van der Waals surface area contributed by atoms with Gasteiger partial charge >= 0.3 is 5.97 Å². The Bertz CT molecular complexity index is 765. The third-order valence-electron chi connectivity index (χ3n) is 3.85. The van der Waals surface area contributed by atoms with E-state index in [2.05, 4.69) is 20.4 Å². The van der Waals surface area contributed by atoms with E-state index in [-0.39, 0.29) is 0 Å². The maximum atomic E-state index is 12.3. The van der Waals surface area contributed by atoms with E-state index in [1.54, 1.807) is 6.07 Å². The highest BCUT2D eigenvalue weighted by Crippen LogP contribution is 2.21. The largest absolute Gasteiger partial charge is 0.405 e. The van der Waals surface area contributed by atoms with Gasteiger partial charge in [-0.2, -0.15) is 9.78 Å². The van der Waals surface area contributed by atoms with Gasteiger partial charge in [-0.1, -0.05) is 0 Å². The number of esters is 1. The highest BCUT2D eigenvalue weighted by Gasteiger charge is 2.26. The van der Waals surface area contributed by atoms with Crippen molar-refractivity contribution in [1.82, 2.24) is 25.1 Å². The fraction of sp³-hybridized carbons (Fsp3) is 0.500. The quantitative estimate of drug-likeness (QED) is 0.831. The SMILES string of the molecule is Cc1cc(OC(=O)C2CNCCO2)n(-c2nc(C)c(C)nc2C)n1. The number of hydrogen-bond acceptors (Lipinski definition) is 7. The second-order valence-electron chi connectivity index (χ2n) is 5.82. The molecule has 3 heterocycles. The van der Waals surface area contributed by atoms with Crippen molar-refractivity contribution in [2.75, 3.05) is 19.7 Å². The van der Waals surface area contributed by atoms with Gasteiger partial charge in [-0.15, -0.1) is 0 Å². The van der Waals surface area contributed by atoms with Crippen molar-refractivity contribution in [3.05, 3.63) is 28.8 Å². The molecule has 0 radical (unpaired) electrons. The molecular weight excluding hydrogens is 310 g/mol. The number of hydrogen-bond donors (Lipinski definition) is 1. The van der Waals surface area contributed by atoms with Gasteiger partial charge < -0.3 is 14.8 Å². The van der Waals surface area contributed by atoms with E-state index in [1.165, 1.54) is 4.68 Å². The number of ether oxygens (including phenoxy) is 2. The number of aryl methyl sites for hydroxylation is 4. The Morgan fingerprint density at radius 1 is 1.25 bits per heavy atom. The average Bonchev–Trinajstić information content (AvgIpc) is 2.92. The Balaban J connectivity index is 1.91. The summed E-state index contributed by atoms with van der Waals surface area (Å²) < 4.78 is 12.5. The van der Waals surface area contributed by atoms with E-state index in [9.17, 15) is 4.79 Å². The molecule has 1 saturated heterocycles. The van der Waals surface area contributed by atoms with Crippen LogP contribution in [0.2, 0.25) is 0 Å². The van der Waals surface area contributed by atoms with E-state index >= 15 is 0 Å². The fourth-order valence-electron chi connectivity index (χ4n) is 2.49. The first-order valence-electron chi connectivity index (χ1n) is 7.88. The molecule has 0 aliphatic carbocycles. The summed E-state index contributed by atoms with van der Waals surface area (Å²) in [7, 11) is 0. The lowest BCUT2D eigenvalue weighted by atomic mass is 10.3. The van der Waals surface area contributed by atoms with Crippen molar-refractivity contribution in [2.24, 2.45) is 0 Å². The third kappa shape index (κ3) is 3.29. The highest BCUT2D eigenvalue weighted by atomic mass is 16.6. The molecule has 8 nitrogen and oxygen atoms in total. The number of aromatic nitrogens is 4.